The molecule has 4 rings (SSSR count). The van der Waals surface area contributed by atoms with Crippen molar-refractivity contribution in [3.05, 3.63) is 0 Å². The van der Waals surface area contributed by atoms with Crippen LogP contribution in [0.1, 0.15) is 92.4 Å². The minimum atomic E-state index is -0.782. The second kappa shape index (κ2) is 11.6. The van der Waals surface area contributed by atoms with Crippen molar-refractivity contribution in [1.82, 2.24) is 0 Å². The summed E-state index contributed by atoms with van der Waals surface area (Å²) in [4.78, 5) is 48.2. The van der Waals surface area contributed by atoms with Crippen LogP contribution in [0.2, 0.25) is 0 Å². The number of rotatable bonds is 7. The molecule has 4 fully saturated rings. The van der Waals surface area contributed by atoms with Crippen LogP contribution in [0.5, 0.6) is 0 Å². The van der Waals surface area contributed by atoms with Gasteiger partial charge in [-0.2, -0.15) is 0 Å². The molecule has 0 spiro atoms. The van der Waals surface area contributed by atoms with Crippen molar-refractivity contribution in [2.24, 2.45) is 46.3 Å². The van der Waals surface area contributed by atoms with E-state index in [0.717, 1.165) is 32.1 Å². The van der Waals surface area contributed by atoms with Crippen molar-refractivity contribution in [2.75, 3.05) is 7.11 Å². The summed E-state index contributed by atoms with van der Waals surface area (Å²) in [7, 11) is 1.41. The van der Waals surface area contributed by atoms with E-state index in [4.69, 9.17) is 30.5 Å². The summed E-state index contributed by atoms with van der Waals surface area (Å²) < 4.78 is 22.6. The molecule has 0 saturated heterocycles. The highest BCUT2D eigenvalue weighted by Gasteiger charge is 2.67. The molecule has 0 amide bonds. The lowest BCUT2D eigenvalue weighted by molar-refractivity contribution is -0.223. The van der Waals surface area contributed by atoms with Gasteiger partial charge in [-0.05, 0) is 86.4 Å². The Morgan fingerprint density at radius 3 is 2.23 bits per heavy atom. The Hall–Kier alpha value is -1.83. The molecule has 0 bridgehead atoms. The smallest absolute Gasteiger partial charge is 0.404 e. The van der Waals surface area contributed by atoms with Gasteiger partial charge in [-0.25, -0.2) is 4.79 Å². The number of hydrogen-bond acceptors (Lipinski definition) is 8. The van der Waals surface area contributed by atoms with Gasteiger partial charge in [0, 0.05) is 43.2 Å². The molecule has 39 heavy (non-hydrogen) atoms. The molecule has 0 radical (unpaired) electrons. The quantitative estimate of drug-likeness (QED) is 0.207. The number of fused-ring (bicyclic) bond motifs is 5. The van der Waals surface area contributed by atoms with E-state index >= 15 is 0 Å². The number of carbonyl (C=O) groups is 4. The molecular formula is C30H45ClO8. The molecule has 0 heterocycles. The zero-order valence-corrected chi connectivity index (χ0v) is 25.0. The predicted octanol–water partition coefficient (Wildman–Crippen LogP) is 6.06. The number of hydrogen-bond donors (Lipinski definition) is 0. The third-order valence-corrected chi connectivity index (χ3v) is 11.4. The van der Waals surface area contributed by atoms with Crippen molar-refractivity contribution in [1.29, 1.82) is 0 Å². The maximum Gasteiger partial charge on any atom is 0.404 e. The predicted molar refractivity (Wildman–Crippen MR) is 144 cm³/mol. The molecule has 9 heteroatoms. The van der Waals surface area contributed by atoms with E-state index in [0.29, 0.717) is 25.7 Å². The minimum absolute atomic E-state index is 0.0646. The van der Waals surface area contributed by atoms with Crippen molar-refractivity contribution in [3.63, 3.8) is 0 Å². The number of halogens is 1. The average Bonchev–Trinajstić information content (AvgIpc) is 3.20. The molecule has 4 saturated carbocycles. The van der Waals surface area contributed by atoms with Gasteiger partial charge < -0.3 is 18.9 Å². The Labute approximate surface area is 237 Å². The maximum atomic E-state index is 12.4. The Morgan fingerprint density at radius 2 is 1.62 bits per heavy atom. The summed E-state index contributed by atoms with van der Waals surface area (Å²) >= 11 is 5.56. The van der Waals surface area contributed by atoms with Gasteiger partial charge in [-0.3, -0.25) is 14.4 Å². The van der Waals surface area contributed by atoms with Gasteiger partial charge in [-0.15, -0.1) is 0 Å². The van der Waals surface area contributed by atoms with E-state index in [1.54, 1.807) is 0 Å². The van der Waals surface area contributed by atoms with Crippen molar-refractivity contribution < 1.29 is 38.1 Å². The van der Waals surface area contributed by atoms with Gasteiger partial charge in [0.2, 0.25) is 0 Å². The van der Waals surface area contributed by atoms with Crippen LogP contribution in [-0.2, 0) is 33.3 Å². The molecular weight excluding hydrogens is 524 g/mol. The van der Waals surface area contributed by atoms with Gasteiger partial charge in [0.25, 0.3) is 0 Å². The monoisotopic (exact) mass is 568 g/mol. The SMILES string of the molecule is COC(=O)CC[C@@H](C)[C@H]1CC[C@H]2[C@@H]3[C@H](OC(C)=O)C[C@@H]4C[C@H](OC(=O)Cl)CC[C@]4(C)[C@H]3C[C@H](OC(C)=O)[C@]12C. The summed E-state index contributed by atoms with van der Waals surface area (Å²) in [5, 5.41) is 0. The van der Waals surface area contributed by atoms with Crippen LogP contribution in [0.15, 0.2) is 0 Å². The van der Waals surface area contributed by atoms with Crippen LogP contribution in [-0.4, -0.2) is 48.8 Å². The van der Waals surface area contributed by atoms with Crippen molar-refractivity contribution in [2.45, 2.75) is 111 Å². The number of methoxy groups -OCH3 is 1. The molecule has 0 aliphatic heterocycles. The zero-order chi connectivity index (χ0) is 28.7. The van der Waals surface area contributed by atoms with Crippen LogP contribution in [0.25, 0.3) is 0 Å². The highest BCUT2D eigenvalue weighted by Crippen LogP contribution is 2.69. The molecule has 0 aromatic rings. The van der Waals surface area contributed by atoms with E-state index in [1.807, 2.05) is 0 Å². The molecule has 0 N–H and O–H groups in total. The molecule has 220 valence electrons. The Morgan fingerprint density at radius 1 is 0.923 bits per heavy atom. The van der Waals surface area contributed by atoms with Gasteiger partial charge in [0.15, 0.2) is 0 Å². The Balaban J connectivity index is 1.70. The molecule has 4 aliphatic carbocycles. The Kier molecular flexibility index (Phi) is 8.94. The van der Waals surface area contributed by atoms with Gasteiger partial charge in [0.05, 0.1) is 7.11 Å². The molecule has 8 nitrogen and oxygen atoms in total. The summed E-state index contributed by atoms with van der Waals surface area (Å²) in [5.41, 5.74) is -1.14. The van der Waals surface area contributed by atoms with Gasteiger partial charge >= 0.3 is 23.3 Å². The summed E-state index contributed by atoms with van der Waals surface area (Å²) in [6, 6.07) is 0. The van der Waals surface area contributed by atoms with Crippen LogP contribution < -0.4 is 0 Å². The molecule has 0 aromatic carbocycles. The first-order valence-corrected chi connectivity index (χ1v) is 15.0. The average molecular weight is 569 g/mol. The highest BCUT2D eigenvalue weighted by molar-refractivity contribution is 6.61. The number of esters is 3. The Bertz CT molecular complexity index is 969. The standard InChI is InChI=1S/C30H45ClO8/c1-16(7-10-26(34)36-6)21-8-9-22-27-23(15-25(30(21,22)5)38-18(3)33)29(4)12-11-20(39-28(31)35)13-19(29)14-24(27)37-17(2)32/h16,19-25,27H,7-15H2,1-6H3/t16-,19+,20-,21-,22+,23+,24-,25+,27+,29+,30-/m1/s1. The largest absolute Gasteiger partial charge is 0.469 e. The second-order valence-corrected chi connectivity index (χ2v) is 13.4. The van der Waals surface area contributed by atoms with Crippen LogP contribution in [0.3, 0.4) is 0 Å². The topological polar surface area (TPSA) is 105 Å². The van der Waals surface area contributed by atoms with Gasteiger partial charge in [-0.1, -0.05) is 20.8 Å². The fourth-order valence-electron chi connectivity index (χ4n) is 9.66. The van der Waals surface area contributed by atoms with Gasteiger partial charge in [0.1, 0.15) is 18.3 Å². The first-order chi connectivity index (χ1) is 18.3. The zero-order valence-electron chi connectivity index (χ0n) is 24.2. The first-order valence-electron chi connectivity index (χ1n) is 14.6. The number of ether oxygens (including phenoxy) is 4. The van der Waals surface area contributed by atoms with E-state index in [2.05, 4.69) is 20.8 Å². The van der Waals surface area contributed by atoms with E-state index in [1.165, 1.54) is 21.0 Å². The maximum absolute atomic E-state index is 12.4. The third kappa shape index (κ3) is 5.69. The summed E-state index contributed by atoms with van der Waals surface area (Å²) in [6.45, 7) is 9.74. The molecule has 11 atom stereocenters. The molecule has 0 aromatic heterocycles. The lowest BCUT2D eigenvalue weighted by Gasteiger charge is -2.64. The van der Waals surface area contributed by atoms with Crippen LogP contribution in [0, 0.1) is 46.3 Å². The second-order valence-electron chi connectivity index (χ2n) is 13.1. The fraction of sp³-hybridized carbons (Fsp3) is 0.867. The van der Waals surface area contributed by atoms with E-state index in [9.17, 15) is 19.2 Å². The fourth-order valence-corrected chi connectivity index (χ4v) is 9.79. The minimum Gasteiger partial charge on any atom is -0.469 e. The third-order valence-electron chi connectivity index (χ3n) is 11.4. The molecule has 4 aliphatic rings. The highest BCUT2D eigenvalue weighted by atomic mass is 35.5. The number of carbonyl (C=O) groups excluding carboxylic acids is 4. The first kappa shape index (κ1) is 30.1. The van der Waals surface area contributed by atoms with E-state index < -0.39 is 5.43 Å². The molecule has 0 unspecified atom stereocenters. The van der Waals surface area contributed by atoms with Crippen molar-refractivity contribution in [3.8, 4) is 0 Å². The lowest BCUT2D eigenvalue weighted by atomic mass is 9.43. The summed E-state index contributed by atoms with van der Waals surface area (Å²) in [5.74, 6) is 0.483. The normalized spacial score (nSPS) is 41.7. The lowest BCUT2D eigenvalue weighted by Crippen LogP contribution is -2.63. The van der Waals surface area contributed by atoms with E-state index in [-0.39, 0.29) is 82.6 Å². The van der Waals surface area contributed by atoms with Crippen LogP contribution in [0.4, 0.5) is 4.79 Å². The van der Waals surface area contributed by atoms with Crippen LogP contribution >= 0.6 is 11.6 Å². The summed E-state index contributed by atoms with van der Waals surface area (Å²) in [6.07, 6.45) is 6.00. The van der Waals surface area contributed by atoms with Crippen molar-refractivity contribution >= 4 is 34.9 Å².